The van der Waals surface area contributed by atoms with Gasteiger partial charge in [-0.25, -0.2) is 23.1 Å². The number of rotatable bonds is 7. The van der Waals surface area contributed by atoms with E-state index in [0.717, 1.165) is 19.2 Å². The molecular formula is C23H21F3N6O. The third-order valence-electron chi connectivity index (χ3n) is 6.17. The molecule has 0 radical (unpaired) electrons. The zero-order valence-corrected chi connectivity index (χ0v) is 17.9. The highest BCUT2D eigenvalue weighted by molar-refractivity contribution is 5.88. The summed E-state index contributed by atoms with van der Waals surface area (Å²) in [7, 11) is 2.00. The first-order valence-electron chi connectivity index (χ1n) is 10.6. The zero-order chi connectivity index (χ0) is 23.2. The molecule has 0 spiro atoms. The van der Waals surface area contributed by atoms with Crippen molar-refractivity contribution in [3.05, 3.63) is 53.1 Å². The van der Waals surface area contributed by atoms with Crippen LogP contribution in [0.2, 0.25) is 0 Å². The van der Waals surface area contributed by atoms with Crippen LogP contribution in [0.5, 0.6) is 5.88 Å². The summed E-state index contributed by atoms with van der Waals surface area (Å²) in [5.74, 6) is -0.168. The van der Waals surface area contributed by atoms with Crippen molar-refractivity contribution in [2.24, 2.45) is 0 Å². The lowest BCUT2D eigenvalue weighted by atomic mass is 9.97. The highest BCUT2D eigenvalue weighted by Crippen LogP contribution is 2.51. The minimum Gasteiger partial charge on any atom is -0.471 e. The fourth-order valence-corrected chi connectivity index (χ4v) is 4.07. The summed E-state index contributed by atoms with van der Waals surface area (Å²) in [6.45, 7) is 1.50. The van der Waals surface area contributed by atoms with Gasteiger partial charge in [0.05, 0.1) is 22.4 Å². The average molecular weight is 454 g/mol. The van der Waals surface area contributed by atoms with Crippen molar-refractivity contribution in [2.45, 2.75) is 37.3 Å². The number of hydrogen-bond acceptors (Lipinski definition) is 7. The predicted molar refractivity (Wildman–Crippen MR) is 114 cm³/mol. The standard InChI is InChI=1S/C23H21F3N6O/c1-32-9-14(10-32)33-22-17(23(11-27)5-6-23)7-16-20(29-12-30-21(16)31-22)28-8-13-3-2-4-15(18(13)24)19(25)26/h2-4,7,12,14,19H,5-6,8-10H2,1H3,(H,28,29,30,31). The lowest BCUT2D eigenvalue weighted by Crippen LogP contribution is -2.51. The molecule has 7 nitrogen and oxygen atoms in total. The quantitative estimate of drug-likeness (QED) is 0.578. The van der Waals surface area contributed by atoms with Crippen LogP contribution in [0.1, 0.15) is 36.0 Å². The first kappa shape index (κ1) is 21.4. The van der Waals surface area contributed by atoms with Gasteiger partial charge in [-0.05, 0) is 26.0 Å². The van der Waals surface area contributed by atoms with Gasteiger partial charge in [0.1, 0.15) is 24.1 Å². The van der Waals surface area contributed by atoms with Gasteiger partial charge in [0.25, 0.3) is 6.43 Å². The summed E-state index contributed by atoms with van der Waals surface area (Å²) in [6, 6.07) is 8.09. The van der Waals surface area contributed by atoms with Crippen LogP contribution in [0.15, 0.2) is 30.6 Å². The van der Waals surface area contributed by atoms with Crippen molar-refractivity contribution in [1.82, 2.24) is 19.9 Å². The number of nitrogens with zero attached hydrogens (tertiary/aromatic N) is 5. The molecule has 1 saturated heterocycles. The lowest BCUT2D eigenvalue weighted by Gasteiger charge is -2.36. The van der Waals surface area contributed by atoms with E-state index in [4.69, 9.17) is 4.74 Å². The Bertz CT molecular complexity index is 1250. The number of ether oxygens (including phenoxy) is 1. The summed E-state index contributed by atoms with van der Waals surface area (Å²) >= 11 is 0. The van der Waals surface area contributed by atoms with Gasteiger partial charge in [-0.15, -0.1) is 0 Å². The van der Waals surface area contributed by atoms with Crippen LogP contribution in [0.4, 0.5) is 19.0 Å². The van der Waals surface area contributed by atoms with Crippen LogP contribution >= 0.6 is 0 Å². The van der Waals surface area contributed by atoms with Crippen molar-refractivity contribution in [3.63, 3.8) is 0 Å². The molecule has 1 aliphatic heterocycles. The molecule has 3 aromatic rings. The summed E-state index contributed by atoms with van der Waals surface area (Å²) in [5.41, 5.74) is -0.140. The molecule has 1 saturated carbocycles. The molecule has 0 atom stereocenters. The number of nitrogens with one attached hydrogen (secondary N) is 1. The molecule has 1 N–H and O–H groups in total. The van der Waals surface area contributed by atoms with E-state index in [2.05, 4.69) is 31.2 Å². The molecule has 170 valence electrons. The topological polar surface area (TPSA) is 87.0 Å². The van der Waals surface area contributed by atoms with Crippen LogP contribution < -0.4 is 10.1 Å². The van der Waals surface area contributed by atoms with E-state index in [1.54, 1.807) is 0 Å². The van der Waals surface area contributed by atoms with Crippen molar-refractivity contribution >= 4 is 16.9 Å². The molecule has 3 heterocycles. The number of halogens is 3. The first-order chi connectivity index (χ1) is 15.9. The second kappa shape index (κ2) is 8.15. The van der Waals surface area contributed by atoms with Crippen LogP contribution in [0.25, 0.3) is 11.0 Å². The summed E-state index contributed by atoms with van der Waals surface area (Å²) in [5, 5.41) is 13.3. The Morgan fingerprint density at radius 1 is 1.30 bits per heavy atom. The third-order valence-corrected chi connectivity index (χ3v) is 6.17. The van der Waals surface area contributed by atoms with E-state index in [9.17, 15) is 18.4 Å². The molecule has 33 heavy (non-hydrogen) atoms. The molecule has 1 aromatic carbocycles. The number of likely N-dealkylation sites (N-methyl/N-ethyl adjacent to an activating group) is 1. The zero-order valence-electron chi connectivity index (χ0n) is 17.9. The van der Waals surface area contributed by atoms with E-state index < -0.39 is 23.2 Å². The Morgan fingerprint density at radius 2 is 2.09 bits per heavy atom. The van der Waals surface area contributed by atoms with Crippen LogP contribution in [-0.4, -0.2) is 46.1 Å². The van der Waals surface area contributed by atoms with Crippen LogP contribution in [-0.2, 0) is 12.0 Å². The monoisotopic (exact) mass is 454 g/mol. The minimum atomic E-state index is -2.90. The number of fused-ring (bicyclic) bond motifs is 1. The molecule has 2 fully saturated rings. The lowest BCUT2D eigenvalue weighted by molar-refractivity contribution is 0.0348. The Hall–Kier alpha value is -3.45. The van der Waals surface area contributed by atoms with E-state index >= 15 is 0 Å². The second-order valence-electron chi connectivity index (χ2n) is 8.56. The van der Waals surface area contributed by atoms with E-state index in [1.807, 2.05) is 13.1 Å². The van der Waals surface area contributed by atoms with Gasteiger partial charge in [0.15, 0.2) is 5.65 Å². The summed E-state index contributed by atoms with van der Waals surface area (Å²) in [6.07, 6.45) is -0.162. The maximum atomic E-state index is 14.4. The second-order valence-corrected chi connectivity index (χ2v) is 8.56. The van der Waals surface area contributed by atoms with Gasteiger partial charge >= 0.3 is 0 Å². The van der Waals surface area contributed by atoms with Crippen molar-refractivity contribution in [1.29, 1.82) is 5.26 Å². The van der Waals surface area contributed by atoms with Gasteiger partial charge < -0.3 is 10.1 Å². The number of hydrogen-bond donors (Lipinski definition) is 1. The maximum Gasteiger partial charge on any atom is 0.266 e. The van der Waals surface area contributed by atoms with Gasteiger partial charge in [0, 0.05) is 30.8 Å². The fourth-order valence-electron chi connectivity index (χ4n) is 4.07. The van der Waals surface area contributed by atoms with E-state index in [-0.39, 0.29) is 18.2 Å². The molecule has 1 aliphatic carbocycles. The average Bonchev–Trinajstić information content (AvgIpc) is 3.58. The fraction of sp³-hybridized carbons (Fsp3) is 0.391. The smallest absolute Gasteiger partial charge is 0.266 e. The van der Waals surface area contributed by atoms with Crippen LogP contribution in [0, 0.1) is 17.1 Å². The van der Waals surface area contributed by atoms with Crippen molar-refractivity contribution in [2.75, 3.05) is 25.5 Å². The molecule has 0 bridgehead atoms. The maximum absolute atomic E-state index is 14.4. The number of nitriles is 1. The van der Waals surface area contributed by atoms with Gasteiger partial charge in [-0.2, -0.15) is 10.2 Å². The molecule has 0 amide bonds. The number of anilines is 1. The first-order valence-corrected chi connectivity index (χ1v) is 10.6. The van der Waals surface area contributed by atoms with Crippen LogP contribution in [0.3, 0.4) is 0 Å². The number of likely N-dealkylation sites (tertiary alicyclic amines) is 1. The molecule has 5 rings (SSSR count). The summed E-state index contributed by atoms with van der Waals surface area (Å²) in [4.78, 5) is 15.2. The molecule has 2 aliphatic rings. The number of aromatic nitrogens is 3. The predicted octanol–water partition coefficient (Wildman–Crippen LogP) is 3.96. The molecule has 10 heteroatoms. The van der Waals surface area contributed by atoms with Gasteiger partial charge in [-0.1, -0.05) is 18.2 Å². The molecule has 0 unspecified atom stereocenters. The number of alkyl halides is 2. The third kappa shape index (κ3) is 3.93. The SMILES string of the molecule is CN1CC(Oc2nc3ncnc(NCc4cccc(C(F)F)c4F)c3cc2C2(C#N)CC2)C1. The van der Waals surface area contributed by atoms with E-state index in [1.165, 1.54) is 18.5 Å². The normalized spacial score (nSPS) is 17.6. The number of benzene rings is 1. The summed E-state index contributed by atoms with van der Waals surface area (Å²) < 4.78 is 46.6. The van der Waals surface area contributed by atoms with E-state index in [0.29, 0.717) is 41.1 Å². The van der Waals surface area contributed by atoms with Crippen molar-refractivity contribution < 1.29 is 17.9 Å². The molecule has 2 aromatic heterocycles. The number of pyridine rings is 1. The van der Waals surface area contributed by atoms with Gasteiger partial charge in [0.2, 0.25) is 5.88 Å². The highest BCUT2D eigenvalue weighted by atomic mass is 19.3. The Kier molecular flexibility index (Phi) is 5.29. The largest absolute Gasteiger partial charge is 0.471 e. The van der Waals surface area contributed by atoms with Crippen molar-refractivity contribution in [3.8, 4) is 11.9 Å². The van der Waals surface area contributed by atoms with Gasteiger partial charge in [-0.3, -0.25) is 4.90 Å². The molecular weight excluding hydrogens is 433 g/mol. The Balaban J connectivity index is 1.49. The highest BCUT2D eigenvalue weighted by Gasteiger charge is 2.48. The Morgan fingerprint density at radius 3 is 2.76 bits per heavy atom. The Labute approximate surface area is 188 Å². The minimum absolute atomic E-state index is 0.00212.